The van der Waals surface area contributed by atoms with Gasteiger partial charge in [-0.1, -0.05) is 6.42 Å². The van der Waals surface area contributed by atoms with E-state index in [2.05, 4.69) is 18.4 Å². The lowest BCUT2D eigenvalue weighted by Crippen LogP contribution is -1.98. The van der Waals surface area contributed by atoms with E-state index in [0.29, 0.717) is 0 Å². The number of nitrogens with two attached hydrogens (primary N) is 1. The number of aryl methyl sites for hydroxylation is 2. The van der Waals surface area contributed by atoms with E-state index in [9.17, 15) is 0 Å². The summed E-state index contributed by atoms with van der Waals surface area (Å²) in [5.74, 6) is 0. The van der Waals surface area contributed by atoms with Gasteiger partial charge in [0.25, 0.3) is 0 Å². The molecule has 1 nitrogen and oxygen atoms in total. The number of rotatable bonds is 5. The quantitative estimate of drug-likeness (QED) is 0.698. The minimum Gasteiger partial charge on any atom is -0.330 e. The van der Waals surface area contributed by atoms with Crippen LogP contribution in [-0.4, -0.2) is 6.54 Å². The van der Waals surface area contributed by atoms with Crippen LogP contribution in [0.5, 0.6) is 0 Å². The molecule has 68 valence electrons. The van der Waals surface area contributed by atoms with Crippen LogP contribution in [0.3, 0.4) is 0 Å². The zero-order valence-corrected chi connectivity index (χ0v) is 8.49. The summed E-state index contributed by atoms with van der Waals surface area (Å²) in [6.45, 7) is 3.03. The molecular formula is C10H17NS. The van der Waals surface area contributed by atoms with Gasteiger partial charge in [0.05, 0.1) is 0 Å². The second-order valence-electron chi connectivity index (χ2n) is 3.10. The molecule has 0 radical (unpaired) electrons. The number of thiophene rings is 1. The monoisotopic (exact) mass is 183 g/mol. The highest BCUT2D eigenvalue weighted by Crippen LogP contribution is 2.17. The summed E-state index contributed by atoms with van der Waals surface area (Å²) < 4.78 is 0. The standard InChI is InChI=1S/C10H17NS/c1-9-10(6-8-12-9)5-3-2-4-7-11/h6,8H,2-5,7,11H2,1H3. The molecule has 0 aliphatic rings. The van der Waals surface area contributed by atoms with Crippen molar-refractivity contribution in [2.75, 3.05) is 6.54 Å². The Morgan fingerprint density at radius 1 is 1.33 bits per heavy atom. The van der Waals surface area contributed by atoms with E-state index in [1.165, 1.54) is 36.1 Å². The average molecular weight is 183 g/mol. The number of hydrogen-bond acceptors (Lipinski definition) is 2. The van der Waals surface area contributed by atoms with Crippen LogP contribution in [0.15, 0.2) is 11.4 Å². The van der Waals surface area contributed by atoms with Crippen molar-refractivity contribution in [2.45, 2.75) is 32.6 Å². The molecule has 0 atom stereocenters. The van der Waals surface area contributed by atoms with E-state index < -0.39 is 0 Å². The van der Waals surface area contributed by atoms with Crippen molar-refractivity contribution >= 4 is 11.3 Å². The summed E-state index contributed by atoms with van der Waals surface area (Å²) in [6.07, 6.45) is 4.96. The molecule has 0 unspecified atom stereocenters. The highest BCUT2D eigenvalue weighted by Gasteiger charge is 1.97. The molecular weight excluding hydrogens is 166 g/mol. The minimum atomic E-state index is 0.836. The van der Waals surface area contributed by atoms with Crippen molar-refractivity contribution in [3.05, 3.63) is 21.9 Å². The molecule has 2 N–H and O–H groups in total. The molecule has 2 heteroatoms. The molecule has 0 amide bonds. The normalized spacial score (nSPS) is 10.5. The van der Waals surface area contributed by atoms with Gasteiger partial charge < -0.3 is 5.73 Å². The average Bonchev–Trinajstić information content (AvgIpc) is 2.46. The molecule has 1 aromatic heterocycles. The predicted octanol–water partition coefficient (Wildman–Crippen LogP) is 2.73. The first-order chi connectivity index (χ1) is 5.84. The second kappa shape index (κ2) is 5.33. The molecule has 0 aliphatic heterocycles. The Balaban J connectivity index is 2.20. The van der Waals surface area contributed by atoms with Gasteiger partial charge in [-0.3, -0.25) is 0 Å². The Kier molecular flexibility index (Phi) is 4.33. The second-order valence-corrected chi connectivity index (χ2v) is 4.22. The summed E-state index contributed by atoms with van der Waals surface area (Å²) in [7, 11) is 0. The van der Waals surface area contributed by atoms with Crippen LogP contribution in [0.4, 0.5) is 0 Å². The van der Waals surface area contributed by atoms with Crippen LogP contribution in [0.2, 0.25) is 0 Å². The molecule has 0 saturated carbocycles. The fraction of sp³-hybridized carbons (Fsp3) is 0.600. The number of hydrogen-bond donors (Lipinski definition) is 1. The van der Waals surface area contributed by atoms with Gasteiger partial charge in [0.2, 0.25) is 0 Å². The van der Waals surface area contributed by atoms with Crippen LogP contribution in [0.1, 0.15) is 29.7 Å². The van der Waals surface area contributed by atoms with E-state index in [4.69, 9.17) is 5.73 Å². The van der Waals surface area contributed by atoms with Gasteiger partial charge in [-0.05, 0) is 49.7 Å². The van der Waals surface area contributed by atoms with E-state index in [-0.39, 0.29) is 0 Å². The van der Waals surface area contributed by atoms with Crippen LogP contribution >= 0.6 is 11.3 Å². The first-order valence-electron chi connectivity index (χ1n) is 4.57. The molecule has 0 aromatic carbocycles. The fourth-order valence-electron chi connectivity index (χ4n) is 1.31. The molecule has 0 spiro atoms. The largest absolute Gasteiger partial charge is 0.330 e. The topological polar surface area (TPSA) is 26.0 Å². The SMILES string of the molecule is Cc1sccc1CCCCCN. The van der Waals surface area contributed by atoms with Crippen LogP contribution in [0, 0.1) is 6.92 Å². The molecule has 12 heavy (non-hydrogen) atoms. The molecule has 1 aromatic rings. The Morgan fingerprint density at radius 3 is 2.75 bits per heavy atom. The van der Waals surface area contributed by atoms with E-state index in [1.54, 1.807) is 0 Å². The highest BCUT2D eigenvalue weighted by atomic mass is 32.1. The van der Waals surface area contributed by atoms with Gasteiger partial charge in [-0.15, -0.1) is 11.3 Å². The van der Waals surface area contributed by atoms with Gasteiger partial charge in [0.1, 0.15) is 0 Å². The Labute approximate surface area is 78.6 Å². The fourth-order valence-corrected chi connectivity index (χ4v) is 2.07. The molecule has 0 bridgehead atoms. The van der Waals surface area contributed by atoms with Crippen LogP contribution in [0.25, 0.3) is 0 Å². The van der Waals surface area contributed by atoms with Gasteiger partial charge in [-0.2, -0.15) is 0 Å². The lowest BCUT2D eigenvalue weighted by Gasteiger charge is -1.98. The van der Waals surface area contributed by atoms with E-state index >= 15 is 0 Å². The third kappa shape index (κ3) is 2.95. The van der Waals surface area contributed by atoms with Gasteiger partial charge in [0, 0.05) is 4.88 Å². The van der Waals surface area contributed by atoms with Crippen molar-refractivity contribution in [1.82, 2.24) is 0 Å². The maximum absolute atomic E-state index is 5.42. The van der Waals surface area contributed by atoms with Gasteiger partial charge in [-0.25, -0.2) is 0 Å². The zero-order chi connectivity index (χ0) is 8.81. The highest BCUT2D eigenvalue weighted by molar-refractivity contribution is 7.10. The lowest BCUT2D eigenvalue weighted by molar-refractivity contribution is 0.686. The van der Waals surface area contributed by atoms with Crippen molar-refractivity contribution in [1.29, 1.82) is 0 Å². The summed E-state index contributed by atoms with van der Waals surface area (Å²) in [5, 5.41) is 2.17. The van der Waals surface area contributed by atoms with Gasteiger partial charge in [0.15, 0.2) is 0 Å². The Hall–Kier alpha value is -0.340. The number of unbranched alkanes of at least 4 members (excludes halogenated alkanes) is 2. The zero-order valence-electron chi connectivity index (χ0n) is 7.68. The Morgan fingerprint density at radius 2 is 2.17 bits per heavy atom. The lowest BCUT2D eigenvalue weighted by atomic mass is 10.1. The maximum Gasteiger partial charge on any atom is 0.00461 e. The molecule has 1 heterocycles. The third-order valence-electron chi connectivity index (χ3n) is 2.12. The first-order valence-corrected chi connectivity index (χ1v) is 5.45. The van der Waals surface area contributed by atoms with Crippen molar-refractivity contribution in [2.24, 2.45) is 5.73 Å². The summed E-state index contributed by atoms with van der Waals surface area (Å²) in [4.78, 5) is 1.47. The van der Waals surface area contributed by atoms with Crippen molar-refractivity contribution in [3.8, 4) is 0 Å². The maximum atomic E-state index is 5.42. The summed E-state index contributed by atoms with van der Waals surface area (Å²) in [5.41, 5.74) is 6.94. The van der Waals surface area contributed by atoms with Crippen molar-refractivity contribution in [3.63, 3.8) is 0 Å². The smallest absolute Gasteiger partial charge is 0.00461 e. The molecule has 0 aliphatic carbocycles. The van der Waals surface area contributed by atoms with Crippen molar-refractivity contribution < 1.29 is 0 Å². The van der Waals surface area contributed by atoms with E-state index in [1.807, 2.05) is 11.3 Å². The third-order valence-corrected chi connectivity index (χ3v) is 3.00. The molecule has 0 fully saturated rings. The molecule has 1 rings (SSSR count). The molecule has 0 saturated heterocycles. The Bertz CT molecular complexity index is 217. The van der Waals surface area contributed by atoms with Gasteiger partial charge >= 0.3 is 0 Å². The van der Waals surface area contributed by atoms with Crippen LogP contribution < -0.4 is 5.73 Å². The minimum absolute atomic E-state index is 0.836. The van der Waals surface area contributed by atoms with E-state index in [0.717, 1.165) is 6.54 Å². The van der Waals surface area contributed by atoms with Crippen LogP contribution in [-0.2, 0) is 6.42 Å². The first kappa shape index (κ1) is 9.75. The summed E-state index contributed by atoms with van der Waals surface area (Å²) >= 11 is 1.84. The summed E-state index contributed by atoms with van der Waals surface area (Å²) in [6, 6.07) is 2.24. The predicted molar refractivity (Wildman–Crippen MR) is 55.7 cm³/mol.